The number of carbonyl (C=O) groups is 2. The Bertz CT molecular complexity index is 886. The van der Waals surface area contributed by atoms with E-state index in [4.69, 9.17) is 0 Å². The monoisotopic (exact) mass is 393 g/mol. The van der Waals surface area contributed by atoms with E-state index in [1.807, 2.05) is 0 Å². The lowest BCUT2D eigenvalue weighted by Crippen LogP contribution is -2.42. The first-order chi connectivity index (χ1) is 13.3. The first kappa shape index (κ1) is 19.7. The zero-order chi connectivity index (χ0) is 20.3. The standard InChI is InChI=1S/C19H18F3N3O3/c20-19(21,22)13-5-1-6-14(10-13)24-16-15(7-2-8-23-16)17(26)25-9-3-4-12(11-25)18(27)28/h1-2,5-8,10,12H,3-4,9,11H2,(H,23,24)(H,27,28). The molecule has 2 aromatic rings. The van der Waals surface area contributed by atoms with Crippen LogP contribution in [0.25, 0.3) is 0 Å². The van der Waals surface area contributed by atoms with Gasteiger partial charge < -0.3 is 15.3 Å². The Kier molecular flexibility index (Phi) is 5.53. The first-order valence-electron chi connectivity index (χ1n) is 8.67. The SMILES string of the molecule is O=C(O)C1CCCN(C(=O)c2cccnc2Nc2cccc(C(F)(F)F)c2)C1. The minimum atomic E-state index is -4.49. The summed E-state index contributed by atoms with van der Waals surface area (Å²) in [5.41, 5.74) is -0.503. The van der Waals surface area contributed by atoms with E-state index in [2.05, 4.69) is 10.3 Å². The maximum Gasteiger partial charge on any atom is 0.416 e. The molecule has 0 spiro atoms. The van der Waals surface area contributed by atoms with Gasteiger partial charge in [0.15, 0.2) is 0 Å². The average molecular weight is 393 g/mol. The third kappa shape index (κ3) is 4.41. The highest BCUT2D eigenvalue weighted by molar-refractivity contribution is 5.99. The lowest BCUT2D eigenvalue weighted by atomic mass is 9.97. The molecule has 1 amide bonds. The van der Waals surface area contributed by atoms with Gasteiger partial charge in [-0.2, -0.15) is 13.2 Å². The largest absolute Gasteiger partial charge is 0.481 e. The second-order valence-electron chi connectivity index (χ2n) is 6.53. The number of rotatable bonds is 4. The molecular weight excluding hydrogens is 375 g/mol. The number of anilines is 2. The fourth-order valence-electron chi connectivity index (χ4n) is 3.12. The zero-order valence-electron chi connectivity index (χ0n) is 14.7. The number of nitrogens with zero attached hydrogens (tertiary/aromatic N) is 2. The summed E-state index contributed by atoms with van der Waals surface area (Å²) in [5.74, 6) is -1.88. The second kappa shape index (κ2) is 7.87. The van der Waals surface area contributed by atoms with Crippen LogP contribution in [0.2, 0.25) is 0 Å². The summed E-state index contributed by atoms with van der Waals surface area (Å²) in [6.45, 7) is 0.507. The number of hydrogen-bond donors (Lipinski definition) is 2. The van der Waals surface area contributed by atoms with Crippen molar-refractivity contribution in [2.24, 2.45) is 5.92 Å². The van der Waals surface area contributed by atoms with Gasteiger partial charge in [-0.3, -0.25) is 9.59 Å². The average Bonchev–Trinajstić information content (AvgIpc) is 2.67. The highest BCUT2D eigenvalue weighted by Gasteiger charge is 2.31. The number of carboxylic acid groups (broad SMARTS) is 1. The molecule has 28 heavy (non-hydrogen) atoms. The molecule has 1 aliphatic rings. The Morgan fingerprint density at radius 3 is 2.71 bits per heavy atom. The molecule has 0 aliphatic carbocycles. The van der Waals surface area contributed by atoms with Gasteiger partial charge in [-0.1, -0.05) is 6.07 Å². The van der Waals surface area contributed by atoms with Gasteiger partial charge in [0.25, 0.3) is 5.91 Å². The van der Waals surface area contributed by atoms with Crippen molar-refractivity contribution in [3.05, 3.63) is 53.7 Å². The van der Waals surface area contributed by atoms with Gasteiger partial charge in [0.1, 0.15) is 5.82 Å². The molecule has 2 N–H and O–H groups in total. The number of pyridine rings is 1. The molecule has 0 radical (unpaired) electrons. The number of likely N-dealkylation sites (tertiary alicyclic amines) is 1. The molecule has 1 aromatic carbocycles. The van der Waals surface area contributed by atoms with Crippen LogP contribution < -0.4 is 5.32 Å². The minimum Gasteiger partial charge on any atom is -0.481 e. The van der Waals surface area contributed by atoms with E-state index in [1.54, 1.807) is 6.07 Å². The van der Waals surface area contributed by atoms with Crippen molar-refractivity contribution >= 4 is 23.4 Å². The smallest absolute Gasteiger partial charge is 0.416 e. The van der Waals surface area contributed by atoms with E-state index >= 15 is 0 Å². The molecule has 148 valence electrons. The molecule has 1 aliphatic heterocycles. The molecule has 1 fully saturated rings. The van der Waals surface area contributed by atoms with Crippen LogP contribution in [0.15, 0.2) is 42.6 Å². The fraction of sp³-hybridized carbons (Fsp3) is 0.316. The van der Waals surface area contributed by atoms with E-state index < -0.39 is 29.5 Å². The van der Waals surface area contributed by atoms with Crippen molar-refractivity contribution in [3.63, 3.8) is 0 Å². The molecule has 1 atom stereocenters. The molecule has 6 nitrogen and oxygen atoms in total. The number of aromatic nitrogens is 1. The topological polar surface area (TPSA) is 82.5 Å². The maximum atomic E-state index is 12.9. The Morgan fingerprint density at radius 1 is 1.21 bits per heavy atom. The van der Waals surface area contributed by atoms with Crippen molar-refractivity contribution in [2.75, 3.05) is 18.4 Å². The van der Waals surface area contributed by atoms with Crippen LogP contribution in [0.1, 0.15) is 28.8 Å². The number of amides is 1. The van der Waals surface area contributed by atoms with Crippen LogP contribution in [0, 0.1) is 5.92 Å². The summed E-state index contributed by atoms with van der Waals surface area (Å²) < 4.78 is 38.7. The number of carboxylic acids is 1. The molecule has 1 saturated heterocycles. The number of nitrogens with one attached hydrogen (secondary N) is 1. The van der Waals surface area contributed by atoms with Gasteiger partial charge in [0.05, 0.1) is 17.0 Å². The van der Waals surface area contributed by atoms with Crippen LogP contribution in [0.3, 0.4) is 0 Å². The number of aliphatic carboxylic acids is 1. The van der Waals surface area contributed by atoms with E-state index in [0.717, 1.165) is 12.1 Å². The second-order valence-corrected chi connectivity index (χ2v) is 6.53. The molecule has 0 bridgehead atoms. The number of benzene rings is 1. The number of halogens is 3. The summed E-state index contributed by atoms with van der Waals surface area (Å²) >= 11 is 0. The van der Waals surface area contributed by atoms with E-state index in [-0.39, 0.29) is 23.6 Å². The Hall–Kier alpha value is -3.10. The van der Waals surface area contributed by atoms with Crippen LogP contribution in [-0.4, -0.2) is 40.0 Å². The lowest BCUT2D eigenvalue weighted by Gasteiger charge is -2.31. The predicted molar refractivity (Wildman–Crippen MR) is 95.2 cm³/mol. The highest BCUT2D eigenvalue weighted by Crippen LogP contribution is 2.31. The normalized spacial score (nSPS) is 17.2. The van der Waals surface area contributed by atoms with Crippen molar-refractivity contribution < 1.29 is 27.9 Å². The van der Waals surface area contributed by atoms with Crippen LogP contribution in [0.5, 0.6) is 0 Å². The van der Waals surface area contributed by atoms with Crippen LogP contribution in [0.4, 0.5) is 24.7 Å². The molecule has 1 aromatic heterocycles. The van der Waals surface area contributed by atoms with Crippen molar-refractivity contribution in [2.45, 2.75) is 19.0 Å². The zero-order valence-corrected chi connectivity index (χ0v) is 14.7. The third-order valence-corrected chi connectivity index (χ3v) is 4.55. The Labute approximate surface area is 159 Å². The summed E-state index contributed by atoms with van der Waals surface area (Å²) in [4.78, 5) is 29.6. The summed E-state index contributed by atoms with van der Waals surface area (Å²) in [6, 6.07) is 7.65. The number of piperidine rings is 1. The van der Waals surface area contributed by atoms with Crippen molar-refractivity contribution in [3.8, 4) is 0 Å². The molecule has 1 unspecified atom stereocenters. The maximum absolute atomic E-state index is 12.9. The van der Waals surface area contributed by atoms with Gasteiger partial charge in [0.2, 0.25) is 0 Å². The van der Waals surface area contributed by atoms with E-state index in [1.165, 1.54) is 29.3 Å². The van der Waals surface area contributed by atoms with Crippen LogP contribution >= 0.6 is 0 Å². The molecule has 9 heteroatoms. The Balaban J connectivity index is 1.84. The molecule has 2 heterocycles. The molecular formula is C19H18F3N3O3. The van der Waals surface area contributed by atoms with Crippen LogP contribution in [-0.2, 0) is 11.0 Å². The summed E-state index contributed by atoms with van der Waals surface area (Å²) in [6.07, 6.45) is -2.00. The van der Waals surface area contributed by atoms with Gasteiger partial charge >= 0.3 is 12.1 Å². The van der Waals surface area contributed by atoms with Gasteiger partial charge in [-0.25, -0.2) is 4.98 Å². The van der Waals surface area contributed by atoms with Crippen molar-refractivity contribution in [1.29, 1.82) is 0 Å². The minimum absolute atomic E-state index is 0.0893. The van der Waals surface area contributed by atoms with Gasteiger partial charge in [0, 0.05) is 25.0 Å². The quantitative estimate of drug-likeness (QED) is 0.826. The lowest BCUT2D eigenvalue weighted by molar-refractivity contribution is -0.143. The summed E-state index contributed by atoms with van der Waals surface area (Å²) in [7, 11) is 0. The number of alkyl halides is 3. The summed E-state index contributed by atoms with van der Waals surface area (Å²) in [5, 5.41) is 12.0. The molecule has 0 saturated carbocycles. The first-order valence-corrected chi connectivity index (χ1v) is 8.67. The Morgan fingerprint density at radius 2 is 2.00 bits per heavy atom. The van der Waals surface area contributed by atoms with E-state index in [9.17, 15) is 27.9 Å². The highest BCUT2D eigenvalue weighted by atomic mass is 19.4. The number of carbonyl (C=O) groups excluding carboxylic acids is 1. The molecule has 3 rings (SSSR count). The van der Waals surface area contributed by atoms with E-state index in [0.29, 0.717) is 19.4 Å². The number of hydrogen-bond acceptors (Lipinski definition) is 4. The van der Waals surface area contributed by atoms with Gasteiger partial charge in [-0.05, 0) is 43.2 Å². The fourth-order valence-corrected chi connectivity index (χ4v) is 3.12. The predicted octanol–water partition coefficient (Wildman–Crippen LogP) is 3.78. The van der Waals surface area contributed by atoms with Gasteiger partial charge in [-0.15, -0.1) is 0 Å². The third-order valence-electron chi connectivity index (χ3n) is 4.55. The van der Waals surface area contributed by atoms with Crippen molar-refractivity contribution in [1.82, 2.24) is 9.88 Å².